The van der Waals surface area contributed by atoms with Gasteiger partial charge in [0.2, 0.25) is 21.8 Å². The van der Waals surface area contributed by atoms with Crippen LogP contribution in [-0.2, 0) is 19.6 Å². The third kappa shape index (κ3) is 5.75. The van der Waals surface area contributed by atoms with E-state index in [9.17, 15) is 18.0 Å². The van der Waals surface area contributed by atoms with E-state index >= 15 is 0 Å². The predicted octanol–water partition coefficient (Wildman–Crippen LogP) is 2.34. The summed E-state index contributed by atoms with van der Waals surface area (Å²) in [5.74, 6) is -0.693. The minimum atomic E-state index is -3.87. The molecule has 1 aromatic carbocycles. The van der Waals surface area contributed by atoms with Crippen molar-refractivity contribution in [1.29, 1.82) is 0 Å². The van der Waals surface area contributed by atoms with Crippen LogP contribution in [0.3, 0.4) is 0 Å². The van der Waals surface area contributed by atoms with Crippen molar-refractivity contribution in [1.82, 2.24) is 9.29 Å². The molecule has 0 saturated heterocycles. The van der Waals surface area contributed by atoms with Gasteiger partial charge >= 0.3 is 0 Å². The molecule has 2 rings (SSSR count). The van der Waals surface area contributed by atoms with Crippen LogP contribution in [-0.4, -0.2) is 42.6 Å². The Morgan fingerprint density at radius 1 is 1.07 bits per heavy atom. The van der Waals surface area contributed by atoms with Crippen LogP contribution >= 0.6 is 11.6 Å². The zero-order valence-corrected chi connectivity index (χ0v) is 16.3. The zero-order valence-electron chi connectivity index (χ0n) is 14.8. The Labute approximate surface area is 162 Å². The van der Waals surface area contributed by atoms with E-state index in [1.807, 2.05) is 0 Å². The van der Waals surface area contributed by atoms with Crippen molar-refractivity contribution in [3.8, 4) is 0 Å². The van der Waals surface area contributed by atoms with E-state index in [1.54, 1.807) is 31.2 Å². The number of nitrogens with zero attached hydrogens (tertiary/aromatic N) is 2. The maximum absolute atomic E-state index is 12.6. The molecule has 1 heterocycles. The number of pyridine rings is 1. The van der Waals surface area contributed by atoms with E-state index in [-0.39, 0.29) is 29.0 Å². The number of amides is 2. The lowest BCUT2D eigenvalue weighted by molar-refractivity contribution is -0.116. The number of aromatic nitrogens is 1. The van der Waals surface area contributed by atoms with Crippen LogP contribution in [0.4, 0.5) is 11.4 Å². The molecule has 10 heteroatoms. The van der Waals surface area contributed by atoms with Gasteiger partial charge in [0.05, 0.1) is 6.54 Å². The molecular formula is C17H19ClN4O4S. The topological polar surface area (TPSA) is 108 Å². The van der Waals surface area contributed by atoms with Crippen LogP contribution in [0.1, 0.15) is 13.8 Å². The van der Waals surface area contributed by atoms with E-state index in [1.165, 1.54) is 19.1 Å². The first kappa shape index (κ1) is 20.8. The van der Waals surface area contributed by atoms with Gasteiger partial charge in [-0.2, -0.15) is 4.31 Å². The van der Waals surface area contributed by atoms with Crippen LogP contribution < -0.4 is 10.6 Å². The summed E-state index contributed by atoms with van der Waals surface area (Å²) >= 11 is 5.68. The molecule has 0 bridgehead atoms. The summed E-state index contributed by atoms with van der Waals surface area (Å²) in [5, 5.41) is 5.42. The summed E-state index contributed by atoms with van der Waals surface area (Å²) < 4.78 is 26.3. The van der Waals surface area contributed by atoms with Crippen LogP contribution in [0.15, 0.2) is 47.5 Å². The van der Waals surface area contributed by atoms with Crippen molar-refractivity contribution < 1.29 is 18.0 Å². The van der Waals surface area contributed by atoms with Crippen molar-refractivity contribution in [2.75, 3.05) is 23.7 Å². The Morgan fingerprint density at radius 3 is 2.15 bits per heavy atom. The third-order valence-corrected chi connectivity index (χ3v) is 5.63. The fraction of sp³-hybridized carbons (Fsp3) is 0.235. The number of hydrogen-bond acceptors (Lipinski definition) is 5. The van der Waals surface area contributed by atoms with Gasteiger partial charge in [-0.3, -0.25) is 9.59 Å². The van der Waals surface area contributed by atoms with Crippen LogP contribution in [0.5, 0.6) is 0 Å². The van der Waals surface area contributed by atoms with Gasteiger partial charge in [-0.05, 0) is 36.4 Å². The molecule has 0 unspecified atom stereocenters. The minimum absolute atomic E-state index is 0.0405. The molecule has 0 saturated carbocycles. The second-order valence-electron chi connectivity index (χ2n) is 5.55. The van der Waals surface area contributed by atoms with Gasteiger partial charge in [-0.1, -0.05) is 18.5 Å². The fourth-order valence-electron chi connectivity index (χ4n) is 2.23. The highest BCUT2D eigenvalue weighted by Gasteiger charge is 2.25. The van der Waals surface area contributed by atoms with E-state index < -0.39 is 15.9 Å². The molecule has 27 heavy (non-hydrogen) atoms. The molecule has 0 atom stereocenters. The lowest BCUT2D eigenvalue weighted by Gasteiger charge is -2.20. The van der Waals surface area contributed by atoms with Crippen LogP contribution in [0.25, 0.3) is 0 Å². The Morgan fingerprint density at radius 2 is 1.67 bits per heavy atom. The Balaban J connectivity index is 2.06. The first-order valence-corrected chi connectivity index (χ1v) is 9.83. The molecule has 0 fully saturated rings. The van der Waals surface area contributed by atoms with Crippen molar-refractivity contribution in [2.24, 2.45) is 0 Å². The Bertz CT molecular complexity index is 915. The standard InChI is InChI=1S/C17H19ClN4O4S/c1-3-22(27(25,26)15-8-9-16(18)19-10-15)11-17(24)21-14-6-4-13(5-7-14)20-12(2)23/h4-10H,3,11H2,1-2H3,(H,20,23)(H,21,24). The molecule has 2 N–H and O–H groups in total. The number of hydrogen-bond donors (Lipinski definition) is 2. The van der Waals surface area contributed by atoms with Gasteiger partial charge in [-0.25, -0.2) is 13.4 Å². The van der Waals surface area contributed by atoms with Gasteiger partial charge in [0.1, 0.15) is 10.0 Å². The van der Waals surface area contributed by atoms with E-state index in [2.05, 4.69) is 15.6 Å². The van der Waals surface area contributed by atoms with Gasteiger partial charge in [0.15, 0.2) is 0 Å². The van der Waals surface area contributed by atoms with Crippen molar-refractivity contribution in [3.05, 3.63) is 47.7 Å². The quantitative estimate of drug-likeness (QED) is 0.681. The highest BCUT2D eigenvalue weighted by molar-refractivity contribution is 7.89. The largest absolute Gasteiger partial charge is 0.326 e. The van der Waals surface area contributed by atoms with E-state index in [4.69, 9.17) is 11.6 Å². The minimum Gasteiger partial charge on any atom is -0.326 e. The first-order valence-electron chi connectivity index (χ1n) is 8.01. The molecule has 0 spiro atoms. The molecule has 0 radical (unpaired) electrons. The second kappa shape index (κ2) is 8.94. The number of sulfonamides is 1. The lowest BCUT2D eigenvalue weighted by Crippen LogP contribution is -2.37. The zero-order chi connectivity index (χ0) is 20.0. The molecule has 144 valence electrons. The summed E-state index contributed by atoms with van der Waals surface area (Å²) in [7, 11) is -3.87. The number of likely N-dealkylation sites (N-methyl/N-ethyl adjacent to an activating group) is 1. The number of halogens is 1. The lowest BCUT2D eigenvalue weighted by atomic mass is 10.2. The van der Waals surface area contributed by atoms with Gasteiger partial charge in [-0.15, -0.1) is 0 Å². The second-order valence-corrected chi connectivity index (χ2v) is 7.88. The summed E-state index contributed by atoms with van der Waals surface area (Å²) in [6, 6.07) is 9.19. The average Bonchev–Trinajstić information content (AvgIpc) is 2.61. The summed E-state index contributed by atoms with van der Waals surface area (Å²) in [4.78, 5) is 27.0. The van der Waals surface area contributed by atoms with Gasteiger partial charge in [0, 0.05) is 31.0 Å². The molecule has 2 amide bonds. The summed E-state index contributed by atoms with van der Waals surface area (Å²) in [6.07, 6.45) is 1.15. The molecular weight excluding hydrogens is 392 g/mol. The molecule has 8 nitrogen and oxygen atoms in total. The number of anilines is 2. The van der Waals surface area contributed by atoms with E-state index in [0.29, 0.717) is 11.4 Å². The Hall–Kier alpha value is -2.49. The van der Waals surface area contributed by atoms with Gasteiger partial charge in [0.25, 0.3) is 0 Å². The molecule has 1 aromatic heterocycles. The Kier molecular flexibility index (Phi) is 6.89. The summed E-state index contributed by atoms with van der Waals surface area (Å²) in [5.41, 5.74) is 1.07. The smallest absolute Gasteiger partial charge is 0.245 e. The maximum atomic E-state index is 12.6. The monoisotopic (exact) mass is 410 g/mol. The number of carbonyl (C=O) groups is 2. The fourth-order valence-corrected chi connectivity index (χ4v) is 3.69. The predicted molar refractivity (Wildman–Crippen MR) is 103 cm³/mol. The average molecular weight is 411 g/mol. The number of benzene rings is 1. The highest BCUT2D eigenvalue weighted by atomic mass is 35.5. The molecule has 2 aromatic rings. The van der Waals surface area contributed by atoms with Crippen LogP contribution in [0.2, 0.25) is 5.15 Å². The normalized spacial score (nSPS) is 11.3. The maximum Gasteiger partial charge on any atom is 0.245 e. The van der Waals surface area contributed by atoms with Gasteiger partial charge < -0.3 is 10.6 Å². The van der Waals surface area contributed by atoms with Crippen molar-refractivity contribution in [2.45, 2.75) is 18.7 Å². The molecule has 0 aliphatic carbocycles. The van der Waals surface area contributed by atoms with E-state index in [0.717, 1.165) is 10.5 Å². The molecule has 0 aliphatic rings. The third-order valence-electron chi connectivity index (χ3n) is 3.50. The molecule has 0 aliphatic heterocycles. The SMILES string of the molecule is CCN(CC(=O)Nc1ccc(NC(C)=O)cc1)S(=O)(=O)c1ccc(Cl)nc1. The first-order chi connectivity index (χ1) is 12.7. The highest BCUT2D eigenvalue weighted by Crippen LogP contribution is 2.17. The number of carbonyl (C=O) groups excluding carboxylic acids is 2. The number of nitrogens with one attached hydrogen (secondary N) is 2. The van der Waals surface area contributed by atoms with Crippen molar-refractivity contribution in [3.63, 3.8) is 0 Å². The summed E-state index contributed by atoms with van der Waals surface area (Å²) in [6.45, 7) is 2.79. The number of rotatable bonds is 7. The van der Waals surface area contributed by atoms with Crippen LogP contribution in [0, 0.1) is 0 Å². The van der Waals surface area contributed by atoms with Crippen molar-refractivity contribution >= 4 is 44.8 Å².